The zero-order valence-corrected chi connectivity index (χ0v) is 18.4. The maximum absolute atomic E-state index is 12.9. The van der Waals surface area contributed by atoms with Crippen molar-refractivity contribution in [2.24, 2.45) is 0 Å². The number of nitrogens with zero attached hydrogens (tertiary/aromatic N) is 1. The van der Waals surface area contributed by atoms with Crippen molar-refractivity contribution in [2.45, 2.75) is 31.7 Å². The molecule has 0 unspecified atom stereocenters. The number of hydrogen-bond acceptors (Lipinski definition) is 3. The van der Waals surface area contributed by atoms with Gasteiger partial charge in [-0.2, -0.15) is 0 Å². The maximum atomic E-state index is 12.9. The lowest BCUT2D eigenvalue weighted by atomic mass is 9.99. The second-order valence-electron chi connectivity index (χ2n) is 7.39. The number of benzene rings is 3. The Hall–Kier alpha value is -3.12. The van der Waals surface area contributed by atoms with E-state index in [0.29, 0.717) is 11.3 Å². The third-order valence-electron chi connectivity index (χ3n) is 5.12. The van der Waals surface area contributed by atoms with Gasteiger partial charge in [0.1, 0.15) is 0 Å². The van der Waals surface area contributed by atoms with Crippen molar-refractivity contribution in [1.29, 1.82) is 0 Å². The minimum atomic E-state index is -3.71. The molecule has 30 heavy (non-hydrogen) atoms. The number of carbonyl (C=O) groups is 1. The van der Waals surface area contributed by atoms with E-state index in [2.05, 4.69) is 11.4 Å². The molecule has 3 rings (SSSR count). The SMILES string of the molecule is Cc1ccc(C)c([C@@H](C)NC(=O)c2cccc(N(C)S(=O)(=O)c3ccccc3)c2)c1. The number of nitrogens with one attached hydrogen (secondary N) is 1. The van der Waals surface area contributed by atoms with Gasteiger partial charge < -0.3 is 5.32 Å². The minimum Gasteiger partial charge on any atom is -0.346 e. The predicted molar refractivity (Wildman–Crippen MR) is 120 cm³/mol. The van der Waals surface area contributed by atoms with Gasteiger partial charge in [0.25, 0.3) is 15.9 Å². The number of rotatable bonds is 6. The molecule has 0 heterocycles. The molecule has 0 spiro atoms. The summed E-state index contributed by atoms with van der Waals surface area (Å²) in [6.45, 7) is 5.97. The van der Waals surface area contributed by atoms with Gasteiger partial charge in [0.15, 0.2) is 0 Å². The average molecular weight is 423 g/mol. The molecule has 0 aliphatic carbocycles. The first-order valence-corrected chi connectivity index (χ1v) is 11.2. The fraction of sp³-hybridized carbons (Fsp3) is 0.208. The van der Waals surface area contributed by atoms with E-state index in [1.54, 1.807) is 54.6 Å². The molecule has 6 heteroatoms. The van der Waals surface area contributed by atoms with Crippen LogP contribution in [0.5, 0.6) is 0 Å². The second kappa shape index (κ2) is 8.71. The molecular weight excluding hydrogens is 396 g/mol. The van der Waals surface area contributed by atoms with Crippen molar-refractivity contribution in [1.82, 2.24) is 5.32 Å². The zero-order chi connectivity index (χ0) is 21.9. The van der Waals surface area contributed by atoms with Crippen LogP contribution >= 0.6 is 0 Å². The Kier molecular flexibility index (Phi) is 6.27. The van der Waals surface area contributed by atoms with Crippen molar-refractivity contribution in [3.8, 4) is 0 Å². The van der Waals surface area contributed by atoms with E-state index in [0.717, 1.165) is 16.7 Å². The highest BCUT2D eigenvalue weighted by molar-refractivity contribution is 7.92. The fourth-order valence-electron chi connectivity index (χ4n) is 3.32. The van der Waals surface area contributed by atoms with Crippen LogP contribution in [0.2, 0.25) is 0 Å². The number of hydrogen-bond donors (Lipinski definition) is 1. The van der Waals surface area contributed by atoms with Crippen LogP contribution in [-0.2, 0) is 10.0 Å². The summed E-state index contributed by atoms with van der Waals surface area (Å²) in [6.07, 6.45) is 0. The highest BCUT2D eigenvalue weighted by atomic mass is 32.2. The molecular formula is C24H26N2O3S. The van der Waals surface area contributed by atoms with Gasteiger partial charge >= 0.3 is 0 Å². The summed E-state index contributed by atoms with van der Waals surface area (Å²) in [5.74, 6) is -0.254. The summed E-state index contributed by atoms with van der Waals surface area (Å²) in [6, 6.07) is 20.8. The zero-order valence-electron chi connectivity index (χ0n) is 17.6. The topological polar surface area (TPSA) is 66.5 Å². The number of aryl methyl sites for hydroxylation is 2. The fourth-order valence-corrected chi connectivity index (χ4v) is 4.52. The largest absolute Gasteiger partial charge is 0.346 e. The van der Waals surface area contributed by atoms with Crippen LogP contribution < -0.4 is 9.62 Å². The molecule has 0 aliphatic heterocycles. The van der Waals surface area contributed by atoms with Crippen molar-refractivity contribution >= 4 is 21.6 Å². The van der Waals surface area contributed by atoms with E-state index in [4.69, 9.17) is 0 Å². The monoisotopic (exact) mass is 422 g/mol. The smallest absolute Gasteiger partial charge is 0.264 e. The first-order valence-electron chi connectivity index (χ1n) is 9.72. The van der Waals surface area contributed by atoms with Crippen LogP contribution in [0.25, 0.3) is 0 Å². The molecule has 1 amide bonds. The Labute approximate surface area is 178 Å². The first kappa shape index (κ1) is 21.6. The van der Waals surface area contributed by atoms with E-state index >= 15 is 0 Å². The summed E-state index contributed by atoms with van der Waals surface area (Å²) in [5.41, 5.74) is 4.12. The summed E-state index contributed by atoms with van der Waals surface area (Å²) < 4.78 is 26.9. The highest BCUT2D eigenvalue weighted by Gasteiger charge is 2.22. The van der Waals surface area contributed by atoms with Crippen molar-refractivity contribution in [2.75, 3.05) is 11.4 Å². The van der Waals surface area contributed by atoms with Crippen molar-refractivity contribution in [3.05, 3.63) is 95.1 Å². The van der Waals surface area contributed by atoms with E-state index in [-0.39, 0.29) is 16.8 Å². The molecule has 0 fully saturated rings. The van der Waals surface area contributed by atoms with Gasteiger partial charge in [0.2, 0.25) is 0 Å². The molecule has 5 nitrogen and oxygen atoms in total. The standard InChI is InChI=1S/C24H26N2O3S/c1-17-13-14-18(2)23(15-17)19(3)25-24(27)20-9-8-10-21(16-20)26(4)30(28,29)22-11-6-5-7-12-22/h5-16,19H,1-4H3,(H,25,27)/t19-/m1/s1. The van der Waals surface area contributed by atoms with Crippen LogP contribution in [0.3, 0.4) is 0 Å². The van der Waals surface area contributed by atoms with Crippen LogP contribution in [0, 0.1) is 13.8 Å². The lowest BCUT2D eigenvalue weighted by Gasteiger charge is -2.21. The van der Waals surface area contributed by atoms with E-state index < -0.39 is 10.0 Å². The van der Waals surface area contributed by atoms with Crippen LogP contribution in [0.4, 0.5) is 5.69 Å². The Balaban J connectivity index is 1.82. The average Bonchev–Trinajstić information content (AvgIpc) is 2.75. The molecule has 3 aromatic rings. The third-order valence-corrected chi connectivity index (χ3v) is 6.92. The molecule has 0 bridgehead atoms. The minimum absolute atomic E-state index is 0.174. The van der Waals surface area contributed by atoms with Gasteiger partial charge in [-0.25, -0.2) is 8.42 Å². The Morgan fingerprint density at radius 1 is 0.933 bits per heavy atom. The number of anilines is 1. The molecule has 1 atom stereocenters. The Bertz CT molecular complexity index is 1160. The van der Waals surface area contributed by atoms with Gasteiger partial charge in [-0.15, -0.1) is 0 Å². The van der Waals surface area contributed by atoms with Crippen molar-refractivity contribution < 1.29 is 13.2 Å². The summed E-state index contributed by atoms with van der Waals surface area (Å²) in [5, 5.41) is 3.01. The first-order chi connectivity index (χ1) is 14.2. The predicted octanol–water partition coefficient (Wildman–Crippen LogP) is 4.62. The molecule has 0 aliphatic rings. The third kappa shape index (κ3) is 4.54. The van der Waals surface area contributed by atoms with Gasteiger partial charge in [-0.3, -0.25) is 9.10 Å². The van der Waals surface area contributed by atoms with E-state index in [9.17, 15) is 13.2 Å². The molecule has 3 aromatic carbocycles. The second-order valence-corrected chi connectivity index (χ2v) is 9.36. The molecule has 156 valence electrons. The molecule has 0 saturated heterocycles. The van der Waals surface area contributed by atoms with Crippen LogP contribution in [-0.4, -0.2) is 21.4 Å². The Morgan fingerprint density at radius 2 is 1.63 bits per heavy atom. The normalized spacial score (nSPS) is 12.3. The van der Waals surface area contributed by atoms with Gasteiger partial charge in [-0.1, -0.05) is 48.0 Å². The van der Waals surface area contributed by atoms with Crippen LogP contribution in [0.1, 0.15) is 40.0 Å². The Morgan fingerprint density at radius 3 is 2.33 bits per heavy atom. The number of sulfonamides is 1. The summed E-state index contributed by atoms with van der Waals surface area (Å²) in [7, 11) is -2.23. The molecule has 0 radical (unpaired) electrons. The highest BCUT2D eigenvalue weighted by Crippen LogP contribution is 2.24. The van der Waals surface area contributed by atoms with Gasteiger partial charge in [0, 0.05) is 12.6 Å². The molecule has 0 saturated carbocycles. The maximum Gasteiger partial charge on any atom is 0.264 e. The van der Waals surface area contributed by atoms with Gasteiger partial charge in [-0.05, 0) is 62.2 Å². The van der Waals surface area contributed by atoms with Crippen molar-refractivity contribution in [3.63, 3.8) is 0 Å². The molecule has 0 aromatic heterocycles. The van der Waals surface area contributed by atoms with Crippen LogP contribution in [0.15, 0.2) is 77.7 Å². The lowest BCUT2D eigenvalue weighted by molar-refractivity contribution is 0.0940. The van der Waals surface area contributed by atoms with E-state index in [1.165, 1.54) is 11.4 Å². The van der Waals surface area contributed by atoms with Gasteiger partial charge in [0.05, 0.1) is 16.6 Å². The number of carbonyl (C=O) groups excluding carboxylic acids is 1. The summed E-state index contributed by atoms with van der Waals surface area (Å²) >= 11 is 0. The van der Waals surface area contributed by atoms with E-state index in [1.807, 2.05) is 32.9 Å². The quantitative estimate of drug-likeness (QED) is 0.630. The number of amides is 1. The lowest BCUT2D eigenvalue weighted by Crippen LogP contribution is -2.29. The summed E-state index contributed by atoms with van der Waals surface area (Å²) in [4.78, 5) is 13.0. The molecule has 1 N–H and O–H groups in total.